The van der Waals surface area contributed by atoms with Crippen LogP contribution in [0.1, 0.15) is 24.1 Å². The van der Waals surface area contributed by atoms with E-state index in [1.54, 1.807) is 4.90 Å². The molecule has 0 bridgehead atoms. The van der Waals surface area contributed by atoms with Gasteiger partial charge in [-0.2, -0.15) is 0 Å². The van der Waals surface area contributed by atoms with Gasteiger partial charge in [-0.05, 0) is 24.1 Å². The minimum atomic E-state index is 0.114. The van der Waals surface area contributed by atoms with Crippen molar-refractivity contribution < 1.29 is 14.6 Å². The van der Waals surface area contributed by atoms with Gasteiger partial charge in [-0.15, -0.1) is 0 Å². The van der Waals surface area contributed by atoms with E-state index < -0.39 is 0 Å². The van der Waals surface area contributed by atoms with Gasteiger partial charge in [0.15, 0.2) is 6.54 Å². The number of hydrogen-bond donors (Lipinski definition) is 2. The summed E-state index contributed by atoms with van der Waals surface area (Å²) in [5.41, 5.74) is 2.44. The smallest absolute Gasteiger partial charge is 0.278 e. The van der Waals surface area contributed by atoms with Crippen LogP contribution < -0.4 is 9.80 Å². The second-order valence-corrected chi connectivity index (χ2v) is 7.79. The molecule has 1 aliphatic rings. The largest absolute Gasteiger partial charge is 0.334 e. The third kappa shape index (κ3) is 5.78. The molecular formula is C24H33N3O+2. The molecule has 148 valence electrons. The van der Waals surface area contributed by atoms with E-state index in [1.165, 1.54) is 16.0 Å². The van der Waals surface area contributed by atoms with Crippen LogP contribution in [-0.4, -0.2) is 57.1 Å². The second kappa shape index (κ2) is 10.2. The van der Waals surface area contributed by atoms with E-state index in [0.29, 0.717) is 6.54 Å². The molecule has 2 aromatic rings. The van der Waals surface area contributed by atoms with Gasteiger partial charge in [0.25, 0.3) is 5.91 Å². The predicted molar refractivity (Wildman–Crippen MR) is 114 cm³/mol. The lowest BCUT2D eigenvalue weighted by molar-refractivity contribution is -1.01. The Morgan fingerprint density at radius 2 is 1.54 bits per heavy atom. The second-order valence-electron chi connectivity index (χ2n) is 7.79. The summed E-state index contributed by atoms with van der Waals surface area (Å²) in [6.45, 7) is 8.13. The predicted octanol–water partition coefficient (Wildman–Crippen LogP) is 0.703. The standard InChI is InChI=1S/C24H31N3O/c1-21(23-13-7-4-8-14-23)25(2)24(28)20-27-18-16-26(17-19-27)15-9-12-22-10-5-3-6-11-22/h3-14,21H,15-20H2,1-2H3/p+2/b12-9+/t21-/m1/s1. The van der Waals surface area contributed by atoms with Crippen LogP contribution in [0.4, 0.5) is 0 Å². The summed E-state index contributed by atoms with van der Waals surface area (Å²) in [7, 11) is 1.93. The molecular weight excluding hydrogens is 346 g/mol. The third-order valence-electron chi connectivity index (χ3n) is 5.84. The van der Waals surface area contributed by atoms with Crippen LogP contribution in [0.5, 0.6) is 0 Å². The molecule has 1 aliphatic heterocycles. The average molecular weight is 380 g/mol. The summed E-state index contributed by atoms with van der Waals surface area (Å²) in [6.07, 6.45) is 4.48. The van der Waals surface area contributed by atoms with Crippen molar-refractivity contribution in [3.05, 3.63) is 77.9 Å². The first-order chi connectivity index (χ1) is 13.6. The Hall–Kier alpha value is -2.43. The molecule has 1 amide bonds. The van der Waals surface area contributed by atoms with Crippen molar-refractivity contribution in [2.45, 2.75) is 13.0 Å². The average Bonchev–Trinajstić information content (AvgIpc) is 2.75. The Bertz CT molecular complexity index is 752. The zero-order valence-electron chi connectivity index (χ0n) is 17.1. The molecule has 3 rings (SSSR count). The Kier molecular flexibility index (Phi) is 7.40. The number of carbonyl (C=O) groups excluding carboxylic acids is 1. The molecule has 0 unspecified atom stereocenters. The van der Waals surface area contributed by atoms with Gasteiger partial charge in [-0.25, -0.2) is 0 Å². The molecule has 28 heavy (non-hydrogen) atoms. The molecule has 0 aliphatic carbocycles. The highest BCUT2D eigenvalue weighted by Crippen LogP contribution is 2.17. The number of rotatable bonds is 7. The Balaban J connectivity index is 1.41. The zero-order valence-corrected chi connectivity index (χ0v) is 17.1. The van der Waals surface area contributed by atoms with Gasteiger partial charge in [0.1, 0.15) is 26.2 Å². The fraction of sp³-hybridized carbons (Fsp3) is 0.375. The zero-order chi connectivity index (χ0) is 19.8. The number of carbonyl (C=O) groups is 1. The molecule has 4 heteroatoms. The quantitative estimate of drug-likeness (QED) is 0.729. The molecule has 0 spiro atoms. The maximum atomic E-state index is 12.7. The van der Waals surface area contributed by atoms with Gasteiger partial charge >= 0.3 is 0 Å². The van der Waals surface area contributed by atoms with Gasteiger partial charge in [-0.1, -0.05) is 66.7 Å². The first-order valence-corrected chi connectivity index (χ1v) is 10.3. The first-order valence-electron chi connectivity index (χ1n) is 10.3. The number of nitrogens with one attached hydrogen (secondary N) is 2. The van der Waals surface area contributed by atoms with Gasteiger partial charge in [-0.3, -0.25) is 4.79 Å². The van der Waals surface area contributed by atoms with Crippen LogP contribution in [0, 0.1) is 0 Å². The number of benzene rings is 2. The number of nitrogens with zero attached hydrogens (tertiary/aromatic N) is 1. The van der Waals surface area contributed by atoms with Crippen LogP contribution in [0.25, 0.3) is 6.08 Å². The molecule has 0 aromatic heterocycles. The maximum absolute atomic E-state index is 12.7. The maximum Gasteiger partial charge on any atom is 0.278 e. The Morgan fingerprint density at radius 1 is 0.964 bits per heavy atom. The third-order valence-corrected chi connectivity index (χ3v) is 5.84. The number of likely N-dealkylation sites (N-methyl/N-ethyl adjacent to an activating group) is 1. The van der Waals surface area contributed by atoms with Gasteiger partial charge in [0.2, 0.25) is 0 Å². The normalized spacial score (nSPS) is 20.8. The molecule has 2 N–H and O–H groups in total. The molecule has 1 heterocycles. The number of piperazine rings is 1. The highest BCUT2D eigenvalue weighted by Gasteiger charge is 2.26. The molecule has 1 saturated heterocycles. The van der Waals surface area contributed by atoms with E-state index in [0.717, 1.165) is 32.7 Å². The van der Waals surface area contributed by atoms with Crippen LogP contribution in [-0.2, 0) is 4.79 Å². The molecule has 2 aromatic carbocycles. The summed E-state index contributed by atoms with van der Waals surface area (Å²) in [5, 5.41) is 0. The van der Waals surface area contributed by atoms with Crippen molar-refractivity contribution in [2.75, 3.05) is 46.3 Å². The van der Waals surface area contributed by atoms with Crippen molar-refractivity contribution in [1.29, 1.82) is 0 Å². The fourth-order valence-corrected chi connectivity index (χ4v) is 3.77. The van der Waals surface area contributed by atoms with E-state index >= 15 is 0 Å². The van der Waals surface area contributed by atoms with Crippen molar-refractivity contribution >= 4 is 12.0 Å². The minimum Gasteiger partial charge on any atom is -0.334 e. The number of quaternary nitrogens is 2. The molecule has 1 fully saturated rings. The van der Waals surface area contributed by atoms with Gasteiger partial charge < -0.3 is 14.7 Å². The summed E-state index contributed by atoms with van der Waals surface area (Å²) in [5.74, 6) is 0.235. The highest BCUT2D eigenvalue weighted by molar-refractivity contribution is 5.77. The van der Waals surface area contributed by atoms with Crippen LogP contribution in [0.2, 0.25) is 0 Å². The minimum absolute atomic E-state index is 0.114. The van der Waals surface area contributed by atoms with E-state index in [9.17, 15) is 4.79 Å². The van der Waals surface area contributed by atoms with Crippen molar-refractivity contribution in [3.63, 3.8) is 0 Å². The van der Waals surface area contributed by atoms with Crippen LogP contribution >= 0.6 is 0 Å². The number of amides is 1. The topological polar surface area (TPSA) is 29.2 Å². The molecule has 0 saturated carbocycles. The lowest BCUT2D eigenvalue weighted by Gasteiger charge is -2.31. The summed E-state index contributed by atoms with van der Waals surface area (Å²) < 4.78 is 0. The van der Waals surface area contributed by atoms with Gasteiger partial charge in [0.05, 0.1) is 12.6 Å². The first kappa shape index (κ1) is 20.3. The van der Waals surface area contributed by atoms with E-state index in [4.69, 9.17) is 0 Å². The molecule has 0 radical (unpaired) electrons. The van der Waals surface area contributed by atoms with Crippen LogP contribution in [0.3, 0.4) is 0 Å². The SMILES string of the molecule is C[C@H](c1ccccc1)N(C)C(=O)C[NH+]1CC[NH+](C/C=C/c2ccccc2)CC1. The lowest BCUT2D eigenvalue weighted by atomic mass is 10.1. The van der Waals surface area contributed by atoms with Crippen molar-refractivity contribution in [2.24, 2.45) is 0 Å². The van der Waals surface area contributed by atoms with E-state index in [2.05, 4.69) is 55.5 Å². The van der Waals surface area contributed by atoms with Crippen molar-refractivity contribution in [1.82, 2.24) is 4.90 Å². The fourth-order valence-electron chi connectivity index (χ4n) is 3.77. The summed E-state index contributed by atoms with van der Waals surface area (Å²) in [6, 6.07) is 20.8. The Labute approximate surface area is 169 Å². The summed E-state index contributed by atoms with van der Waals surface area (Å²) in [4.78, 5) is 17.6. The lowest BCUT2D eigenvalue weighted by Crippen LogP contribution is -3.28. The van der Waals surface area contributed by atoms with Gasteiger partial charge in [0, 0.05) is 7.05 Å². The molecule has 4 nitrogen and oxygen atoms in total. The number of hydrogen-bond acceptors (Lipinski definition) is 1. The molecule has 1 atom stereocenters. The van der Waals surface area contributed by atoms with E-state index in [-0.39, 0.29) is 11.9 Å². The van der Waals surface area contributed by atoms with E-state index in [1.807, 2.05) is 36.2 Å². The monoisotopic (exact) mass is 379 g/mol. The van der Waals surface area contributed by atoms with Crippen molar-refractivity contribution in [3.8, 4) is 0 Å². The summed E-state index contributed by atoms with van der Waals surface area (Å²) >= 11 is 0. The highest BCUT2D eigenvalue weighted by atomic mass is 16.2. The van der Waals surface area contributed by atoms with Crippen LogP contribution in [0.15, 0.2) is 66.7 Å². The Morgan fingerprint density at radius 3 is 2.18 bits per heavy atom.